The molecule has 0 aliphatic rings. The maximum atomic E-state index is 12.8. The SMILES string of the molecule is Cc1[nH]nc(-c2ccc(Br)cc2)c1C(F)(F)F. The van der Waals surface area contributed by atoms with E-state index in [-0.39, 0.29) is 11.4 Å². The van der Waals surface area contributed by atoms with E-state index in [0.29, 0.717) is 5.56 Å². The van der Waals surface area contributed by atoms with Crippen LogP contribution in [0.3, 0.4) is 0 Å². The molecule has 1 aromatic heterocycles. The van der Waals surface area contributed by atoms with Gasteiger partial charge in [0, 0.05) is 15.7 Å². The number of nitrogens with one attached hydrogen (secondary N) is 1. The van der Waals surface area contributed by atoms with Crippen molar-refractivity contribution < 1.29 is 13.2 Å². The van der Waals surface area contributed by atoms with E-state index in [2.05, 4.69) is 26.1 Å². The molecule has 0 fully saturated rings. The first-order chi connectivity index (χ1) is 7.89. The monoisotopic (exact) mass is 304 g/mol. The summed E-state index contributed by atoms with van der Waals surface area (Å²) >= 11 is 3.23. The van der Waals surface area contributed by atoms with Crippen LogP contribution in [-0.2, 0) is 6.18 Å². The first kappa shape index (κ1) is 12.2. The number of aromatic amines is 1. The number of benzene rings is 1. The van der Waals surface area contributed by atoms with Crippen LogP contribution >= 0.6 is 15.9 Å². The van der Waals surface area contributed by atoms with Crippen molar-refractivity contribution in [3.05, 3.63) is 40.0 Å². The zero-order valence-corrected chi connectivity index (χ0v) is 10.4. The number of H-pyrrole nitrogens is 1. The van der Waals surface area contributed by atoms with Crippen molar-refractivity contribution in [1.29, 1.82) is 0 Å². The fourth-order valence-corrected chi connectivity index (χ4v) is 1.86. The summed E-state index contributed by atoms with van der Waals surface area (Å²) in [5, 5.41) is 6.10. The van der Waals surface area contributed by atoms with Crippen LogP contribution in [0.25, 0.3) is 11.3 Å². The molecule has 2 rings (SSSR count). The van der Waals surface area contributed by atoms with Crippen LogP contribution in [0, 0.1) is 6.92 Å². The van der Waals surface area contributed by atoms with Crippen molar-refractivity contribution in [3.63, 3.8) is 0 Å². The molecule has 0 spiro atoms. The Labute approximate surface area is 104 Å². The molecule has 0 amide bonds. The summed E-state index contributed by atoms with van der Waals surface area (Å²) in [7, 11) is 0. The lowest BCUT2D eigenvalue weighted by molar-refractivity contribution is -0.137. The van der Waals surface area contributed by atoms with Crippen LogP contribution in [0.15, 0.2) is 28.7 Å². The summed E-state index contributed by atoms with van der Waals surface area (Å²) in [6.45, 7) is 1.36. The first-order valence-corrected chi connectivity index (χ1v) is 5.57. The minimum atomic E-state index is -4.40. The van der Waals surface area contributed by atoms with Gasteiger partial charge in [-0.05, 0) is 19.1 Å². The Morgan fingerprint density at radius 2 is 1.76 bits per heavy atom. The maximum Gasteiger partial charge on any atom is 0.420 e. The van der Waals surface area contributed by atoms with E-state index in [1.165, 1.54) is 6.92 Å². The zero-order valence-electron chi connectivity index (χ0n) is 8.77. The molecule has 0 aliphatic heterocycles. The Morgan fingerprint density at radius 1 is 1.18 bits per heavy atom. The third-order valence-electron chi connectivity index (χ3n) is 2.35. The van der Waals surface area contributed by atoms with Gasteiger partial charge in [0.15, 0.2) is 0 Å². The Bertz CT molecular complexity index is 529. The number of aryl methyl sites for hydroxylation is 1. The molecule has 0 radical (unpaired) electrons. The van der Waals surface area contributed by atoms with Gasteiger partial charge in [-0.2, -0.15) is 18.3 Å². The lowest BCUT2D eigenvalue weighted by Crippen LogP contribution is -2.07. The first-order valence-electron chi connectivity index (χ1n) is 4.77. The van der Waals surface area contributed by atoms with Gasteiger partial charge >= 0.3 is 6.18 Å². The van der Waals surface area contributed by atoms with E-state index in [9.17, 15) is 13.2 Å². The Hall–Kier alpha value is -1.30. The Morgan fingerprint density at radius 3 is 2.29 bits per heavy atom. The van der Waals surface area contributed by atoms with E-state index in [4.69, 9.17) is 0 Å². The van der Waals surface area contributed by atoms with E-state index >= 15 is 0 Å². The molecule has 2 nitrogen and oxygen atoms in total. The van der Waals surface area contributed by atoms with Crippen molar-refractivity contribution in [1.82, 2.24) is 10.2 Å². The summed E-state index contributed by atoms with van der Waals surface area (Å²) in [4.78, 5) is 0. The molecule has 0 bridgehead atoms. The van der Waals surface area contributed by atoms with E-state index in [1.54, 1.807) is 24.3 Å². The number of aromatic nitrogens is 2. The number of halogens is 4. The largest absolute Gasteiger partial charge is 0.420 e. The molecule has 17 heavy (non-hydrogen) atoms. The van der Waals surface area contributed by atoms with Crippen molar-refractivity contribution in [3.8, 4) is 11.3 Å². The second-order valence-electron chi connectivity index (χ2n) is 3.58. The van der Waals surface area contributed by atoms with Gasteiger partial charge < -0.3 is 0 Å². The highest BCUT2D eigenvalue weighted by molar-refractivity contribution is 9.10. The van der Waals surface area contributed by atoms with Crippen LogP contribution in [0.1, 0.15) is 11.3 Å². The number of hydrogen-bond donors (Lipinski definition) is 1. The van der Waals surface area contributed by atoms with Gasteiger partial charge in [-0.25, -0.2) is 0 Å². The molecule has 0 atom stereocenters. The fraction of sp³-hybridized carbons (Fsp3) is 0.182. The molecule has 1 N–H and O–H groups in total. The molecule has 0 saturated heterocycles. The highest BCUT2D eigenvalue weighted by atomic mass is 79.9. The van der Waals surface area contributed by atoms with Crippen molar-refractivity contribution >= 4 is 15.9 Å². The van der Waals surface area contributed by atoms with Gasteiger partial charge in [-0.1, -0.05) is 28.1 Å². The topological polar surface area (TPSA) is 28.7 Å². The van der Waals surface area contributed by atoms with Gasteiger partial charge in [0.25, 0.3) is 0 Å². The normalized spacial score (nSPS) is 11.8. The van der Waals surface area contributed by atoms with Crippen molar-refractivity contribution in [2.45, 2.75) is 13.1 Å². The summed E-state index contributed by atoms with van der Waals surface area (Å²) in [5.74, 6) is 0. The van der Waals surface area contributed by atoms with E-state index in [0.717, 1.165) is 4.47 Å². The minimum Gasteiger partial charge on any atom is -0.282 e. The summed E-state index contributed by atoms with van der Waals surface area (Å²) in [5.41, 5.74) is -0.317. The minimum absolute atomic E-state index is 0.0235. The molecule has 2 aromatic rings. The summed E-state index contributed by atoms with van der Waals surface area (Å²) < 4.78 is 39.3. The van der Waals surface area contributed by atoms with Crippen LogP contribution < -0.4 is 0 Å². The predicted molar refractivity (Wildman–Crippen MR) is 61.5 cm³/mol. The van der Waals surface area contributed by atoms with Gasteiger partial charge in [0.1, 0.15) is 11.3 Å². The highest BCUT2D eigenvalue weighted by Gasteiger charge is 2.37. The van der Waals surface area contributed by atoms with Gasteiger partial charge in [-0.15, -0.1) is 0 Å². The van der Waals surface area contributed by atoms with E-state index < -0.39 is 11.7 Å². The van der Waals surface area contributed by atoms with Crippen LogP contribution in [0.2, 0.25) is 0 Å². The maximum absolute atomic E-state index is 12.8. The Balaban J connectivity index is 2.57. The van der Waals surface area contributed by atoms with E-state index in [1.807, 2.05) is 0 Å². The quantitative estimate of drug-likeness (QED) is 0.842. The molecule has 6 heteroatoms. The molecule has 1 aromatic carbocycles. The molecule has 0 aliphatic carbocycles. The Kier molecular flexibility index (Phi) is 2.99. The van der Waals surface area contributed by atoms with Crippen molar-refractivity contribution in [2.24, 2.45) is 0 Å². The van der Waals surface area contributed by atoms with Gasteiger partial charge in [-0.3, -0.25) is 5.10 Å². The molecular weight excluding hydrogens is 297 g/mol. The smallest absolute Gasteiger partial charge is 0.282 e. The van der Waals surface area contributed by atoms with Crippen LogP contribution in [0.4, 0.5) is 13.2 Å². The lowest BCUT2D eigenvalue weighted by atomic mass is 10.1. The fourth-order valence-electron chi connectivity index (χ4n) is 1.59. The third-order valence-corrected chi connectivity index (χ3v) is 2.88. The second-order valence-corrected chi connectivity index (χ2v) is 4.49. The zero-order chi connectivity index (χ0) is 12.6. The van der Waals surface area contributed by atoms with Crippen molar-refractivity contribution in [2.75, 3.05) is 0 Å². The van der Waals surface area contributed by atoms with Crippen LogP contribution in [-0.4, -0.2) is 10.2 Å². The number of rotatable bonds is 1. The standard InChI is InChI=1S/C11H8BrF3N2/c1-6-9(11(13,14)15)10(17-16-6)7-2-4-8(12)5-3-7/h2-5H,1H3,(H,16,17). The highest BCUT2D eigenvalue weighted by Crippen LogP contribution is 2.37. The van der Waals surface area contributed by atoms with Gasteiger partial charge in [0.05, 0.1) is 0 Å². The van der Waals surface area contributed by atoms with Gasteiger partial charge in [0.2, 0.25) is 0 Å². The number of alkyl halides is 3. The second kappa shape index (κ2) is 4.18. The molecule has 0 saturated carbocycles. The molecule has 90 valence electrons. The summed E-state index contributed by atoms with van der Waals surface area (Å²) in [6.07, 6.45) is -4.40. The molecule has 1 heterocycles. The number of hydrogen-bond acceptors (Lipinski definition) is 1. The summed E-state index contributed by atoms with van der Waals surface area (Å²) in [6, 6.07) is 6.54. The third kappa shape index (κ3) is 2.36. The average molecular weight is 305 g/mol. The molecular formula is C11H8BrF3N2. The molecule has 0 unspecified atom stereocenters. The predicted octanol–water partition coefficient (Wildman–Crippen LogP) is 4.17. The lowest BCUT2D eigenvalue weighted by Gasteiger charge is -2.08. The van der Waals surface area contributed by atoms with Crippen LogP contribution in [0.5, 0.6) is 0 Å². The number of nitrogens with zero attached hydrogens (tertiary/aromatic N) is 1. The average Bonchev–Trinajstić information content (AvgIpc) is 2.61.